The molecule has 0 saturated carbocycles. The largest absolute Gasteiger partial charge is 0.496 e. The molecule has 104 valence electrons. The van der Waals surface area contributed by atoms with Crippen LogP contribution in [0.4, 0.5) is 5.69 Å². The van der Waals surface area contributed by atoms with Crippen LogP contribution >= 0.6 is 0 Å². The number of carbonyl (C=O) groups is 1. The third kappa shape index (κ3) is 2.59. The van der Waals surface area contributed by atoms with Crippen LogP contribution in [0, 0.1) is 13.8 Å². The molecule has 1 atom stereocenters. The first-order valence-electron chi connectivity index (χ1n) is 6.76. The number of ether oxygens (including phenoxy) is 1. The molecule has 1 fully saturated rings. The van der Waals surface area contributed by atoms with E-state index in [1.165, 1.54) is 0 Å². The summed E-state index contributed by atoms with van der Waals surface area (Å²) >= 11 is 0. The summed E-state index contributed by atoms with van der Waals surface area (Å²) in [6, 6.07) is 4.18. The zero-order chi connectivity index (χ0) is 14.0. The maximum absolute atomic E-state index is 12.1. The van der Waals surface area contributed by atoms with E-state index >= 15 is 0 Å². The predicted molar refractivity (Wildman–Crippen MR) is 76.9 cm³/mol. The molecule has 0 aliphatic carbocycles. The van der Waals surface area contributed by atoms with Gasteiger partial charge in [0.2, 0.25) is 5.91 Å². The number of rotatable bonds is 4. The second-order valence-corrected chi connectivity index (χ2v) is 5.00. The van der Waals surface area contributed by atoms with E-state index in [-0.39, 0.29) is 11.9 Å². The number of benzene rings is 1. The SMILES string of the molecule is CCNC1CC(=O)N(c2ccc(OC)c(C)c2C)C1. The van der Waals surface area contributed by atoms with Crippen molar-refractivity contribution in [1.29, 1.82) is 0 Å². The van der Waals surface area contributed by atoms with Crippen LogP contribution in [-0.2, 0) is 4.79 Å². The molecule has 0 aromatic heterocycles. The molecule has 1 amide bonds. The first-order valence-corrected chi connectivity index (χ1v) is 6.76. The Morgan fingerprint density at radius 2 is 2.11 bits per heavy atom. The van der Waals surface area contributed by atoms with Crippen LogP contribution in [0.25, 0.3) is 0 Å². The number of amides is 1. The van der Waals surface area contributed by atoms with Crippen molar-refractivity contribution in [2.75, 3.05) is 25.1 Å². The molecule has 0 radical (unpaired) electrons. The molecule has 0 bridgehead atoms. The van der Waals surface area contributed by atoms with Crippen molar-refractivity contribution in [3.8, 4) is 5.75 Å². The highest BCUT2D eigenvalue weighted by molar-refractivity contribution is 5.97. The van der Waals surface area contributed by atoms with Crippen LogP contribution in [-0.4, -0.2) is 32.1 Å². The third-order valence-electron chi connectivity index (χ3n) is 3.84. The fourth-order valence-corrected chi connectivity index (χ4v) is 2.66. The molecule has 19 heavy (non-hydrogen) atoms. The van der Waals surface area contributed by atoms with Gasteiger partial charge in [0.15, 0.2) is 0 Å². The number of likely N-dealkylation sites (N-methyl/N-ethyl adjacent to an activating group) is 1. The summed E-state index contributed by atoms with van der Waals surface area (Å²) in [5.41, 5.74) is 3.22. The molecule has 4 heteroatoms. The van der Waals surface area contributed by atoms with Crippen molar-refractivity contribution in [3.05, 3.63) is 23.3 Å². The lowest BCUT2D eigenvalue weighted by atomic mass is 10.1. The van der Waals surface area contributed by atoms with E-state index in [2.05, 4.69) is 12.2 Å². The van der Waals surface area contributed by atoms with E-state index < -0.39 is 0 Å². The topological polar surface area (TPSA) is 41.6 Å². The quantitative estimate of drug-likeness (QED) is 0.902. The van der Waals surface area contributed by atoms with Crippen molar-refractivity contribution in [1.82, 2.24) is 5.32 Å². The Morgan fingerprint density at radius 3 is 2.74 bits per heavy atom. The summed E-state index contributed by atoms with van der Waals surface area (Å²) in [6.45, 7) is 7.78. The van der Waals surface area contributed by atoms with Crippen LogP contribution in [0.5, 0.6) is 5.75 Å². The maximum atomic E-state index is 12.1. The molecule has 1 aromatic carbocycles. The van der Waals surface area contributed by atoms with Gasteiger partial charge in [-0.25, -0.2) is 0 Å². The van der Waals surface area contributed by atoms with Crippen LogP contribution in [0.15, 0.2) is 12.1 Å². The van der Waals surface area contributed by atoms with Gasteiger partial charge < -0.3 is 15.0 Å². The number of nitrogens with zero attached hydrogens (tertiary/aromatic N) is 1. The lowest BCUT2D eigenvalue weighted by Gasteiger charge is -2.21. The minimum atomic E-state index is 0.193. The fraction of sp³-hybridized carbons (Fsp3) is 0.533. The number of hydrogen-bond acceptors (Lipinski definition) is 3. The minimum absolute atomic E-state index is 0.193. The smallest absolute Gasteiger partial charge is 0.228 e. The van der Waals surface area contributed by atoms with Crippen molar-refractivity contribution < 1.29 is 9.53 Å². The van der Waals surface area contributed by atoms with E-state index in [1.54, 1.807) is 7.11 Å². The van der Waals surface area contributed by atoms with Crippen LogP contribution < -0.4 is 15.0 Å². The fourth-order valence-electron chi connectivity index (χ4n) is 2.66. The average molecular weight is 262 g/mol. The summed E-state index contributed by atoms with van der Waals surface area (Å²) in [5.74, 6) is 1.06. The number of hydrogen-bond donors (Lipinski definition) is 1. The lowest BCUT2D eigenvalue weighted by Crippen LogP contribution is -2.32. The van der Waals surface area contributed by atoms with E-state index in [1.807, 2.05) is 30.9 Å². The number of carbonyl (C=O) groups excluding carboxylic acids is 1. The number of nitrogens with one attached hydrogen (secondary N) is 1. The first kappa shape index (κ1) is 13.9. The number of methoxy groups -OCH3 is 1. The third-order valence-corrected chi connectivity index (χ3v) is 3.84. The van der Waals surface area contributed by atoms with Gasteiger partial charge in [0.25, 0.3) is 0 Å². The highest BCUT2D eigenvalue weighted by Crippen LogP contribution is 2.32. The minimum Gasteiger partial charge on any atom is -0.496 e. The first-order chi connectivity index (χ1) is 9.08. The highest BCUT2D eigenvalue weighted by atomic mass is 16.5. The van der Waals surface area contributed by atoms with Gasteiger partial charge in [-0.15, -0.1) is 0 Å². The van der Waals surface area contributed by atoms with Gasteiger partial charge in [0.1, 0.15) is 5.75 Å². The van der Waals surface area contributed by atoms with Crippen LogP contribution in [0.2, 0.25) is 0 Å². The second kappa shape index (κ2) is 5.61. The standard InChI is InChI=1S/C15H22N2O2/c1-5-16-12-8-15(18)17(9-12)13-6-7-14(19-4)11(3)10(13)2/h6-7,12,16H,5,8-9H2,1-4H3. The summed E-state index contributed by atoms with van der Waals surface area (Å²) in [5, 5.41) is 3.34. The molecule has 0 spiro atoms. The van der Waals surface area contributed by atoms with Crippen molar-refractivity contribution in [2.45, 2.75) is 33.2 Å². The highest BCUT2D eigenvalue weighted by Gasteiger charge is 2.31. The van der Waals surface area contributed by atoms with Gasteiger partial charge in [-0.2, -0.15) is 0 Å². The lowest BCUT2D eigenvalue weighted by molar-refractivity contribution is -0.117. The molecule has 1 unspecified atom stereocenters. The molecule has 4 nitrogen and oxygen atoms in total. The molecular formula is C15H22N2O2. The van der Waals surface area contributed by atoms with Gasteiger partial charge in [-0.05, 0) is 43.7 Å². The molecular weight excluding hydrogens is 240 g/mol. The molecule has 1 aromatic rings. The Bertz CT molecular complexity index is 485. The zero-order valence-electron chi connectivity index (χ0n) is 12.1. The molecule has 1 N–H and O–H groups in total. The van der Waals surface area contributed by atoms with Gasteiger partial charge in [0.05, 0.1) is 7.11 Å². The Kier molecular flexibility index (Phi) is 4.10. The number of anilines is 1. The maximum Gasteiger partial charge on any atom is 0.228 e. The molecule has 1 heterocycles. The zero-order valence-corrected chi connectivity index (χ0v) is 12.1. The normalized spacial score (nSPS) is 19.1. The van der Waals surface area contributed by atoms with E-state index in [0.717, 1.165) is 35.7 Å². The van der Waals surface area contributed by atoms with Gasteiger partial charge in [0, 0.05) is 24.7 Å². The van der Waals surface area contributed by atoms with Crippen molar-refractivity contribution in [3.63, 3.8) is 0 Å². The van der Waals surface area contributed by atoms with Crippen molar-refractivity contribution in [2.24, 2.45) is 0 Å². The Morgan fingerprint density at radius 1 is 1.37 bits per heavy atom. The van der Waals surface area contributed by atoms with E-state index in [4.69, 9.17) is 4.74 Å². The molecule has 1 aliphatic heterocycles. The molecule has 2 rings (SSSR count). The van der Waals surface area contributed by atoms with E-state index in [0.29, 0.717) is 6.42 Å². The Hall–Kier alpha value is -1.55. The van der Waals surface area contributed by atoms with Gasteiger partial charge in [-0.1, -0.05) is 6.92 Å². The Labute approximate surface area is 114 Å². The second-order valence-electron chi connectivity index (χ2n) is 5.00. The van der Waals surface area contributed by atoms with Gasteiger partial charge >= 0.3 is 0 Å². The average Bonchev–Trinajstić information content (AvgIpc) is 2.74. The molecule has 1 saturated heterocycles. The summed E-state index contributed by atoms with van der Waals surface area (Å²) in [6.07, 6.45) is 0.582. The summed E-state index contributed by atoms with van der Waals surface area (Å²) < 4.78 is 5.31. The van der Waals surface area contributed by atoms with Gasteiger partial charge in [-0.3, -0.25) is 4.79 Å². The Balaban J connectivity index is 2.28. The van der Waals surface area contributed by atoms with Crippen molar-refractivity contribution >= 4 is 11.6 Å². The predicted octanol–water partition coefficient (Wildman–Crippen LogP) is 2.03. The monoisotopic (exact) mass is 262 g/mol. The molecule has 1 aliphatic rings. The summed E-state index contributed by atoms with van der Waals surface area (Å²) in [7, 11) is 1.67. The van der Waals surface area contributed by atoms with Crippen LogP contribution in [0.3, 0.4) is 0 Å². The van der Waals surface area contributed by atoms with Crippen LogP contribution in [0.1, 0.15) is 24.5 Å². The summed E-state index contributed by atoms with van der Waals surface area (Å²) in [4.78, 5) is 14.0. The van der Waals surface area contributed by atoms with E-state index in [9.17, 15) is 4.79 Å².